The van der Waals surface area contributed by atoms with E-state index in [1.807, 2.05) is 85.8 Å². The van der Waals surface area contributed by atoms with E-state index in [0.29, 0.717) is 29.3 Å². The predicted molar refractivity (Wildman–Crippen MR) is 187 cm³/mol. The first-order valence-corrected chi connectivity index (χ1v) is 14.8. The maximum Gasteiger partial charge on any atom is 0.169 e. The third-order valence-corrected chi connectivity index (χ3v) is 7.84. The minimum atomic E-state index is -0.511. The number of nitrogens with zero attached hydrogens (tertiary/aromatic N) is 3. The quantitative estimate of drug-likeness (QED) is 0.0611. The van der Waals surface area contributed by atoms with Gasteiger partial charge in [-0.1, -0.05) is 105 Å². The van der Waals surface area contributed by atoms with Crippen molar-refractivity contribution in [1.29, 1.82) is 0 Å². The summed E-state index contributed by atoms with van der Waals surface area (Å²) in [7, 11) is 0. The van der Waals surface area contributed by atoms with E-state index in [9.17, 15) is 20.4 Å². The standard InChI is InChI=1S/C39H35N3O4/c1-5-26-19-20-28(33-36(45)34(43)30(6-2)35(44)37(33)46)21-32(26)31-22-29(18-17-24(31)3)38(40-4)42-39(27-15-11-8-12-16-27)41-23-25-13-9-7-10-14-25/h5,7-22,43-46H,1,4,6,23H2,2-3H3. The molecule has 0 atom stereocenters. The van der Waals surface area contributed by atoms with Gasteiger partial charge in [-0.3, -0.25) is 4.99 Å². The second kappa shape index (κ2) is 13.8. The van der Waals surface area contributed by atoms with E-state index >= 15 is 0 Å². The van der Waals surface area contributed by atoms with Gasteiger partial charge in [-0.25, -0.2) is 9.98 Å². The molecular formula is C39H35N3O4. The second-order valence-corrected chi connectivity index (χ2v) is 10.7. The number of aromatic hydroxyl groups is 4. The van der Waals surface area contributed by atoms with Crippen molar-refractivity contribution >= 4 is 24.5 Å². The van der Waals surface area contributed by atoms with Crippen LogP contribution in [0, 0.1) is 6.92 Å². The van der Waals surface area contributed by atoms with Crippen molar-refractivity contribution in [3.63, 3.8) is 0 Å². The summed E-state index contributed by atoms with van der Waals surface area (Å²) in [6.45, 7) is 11.9. The van der Waals surface area contributed by atoms with Gasteiger partial charge in [-0.2, -0.15) is 0 Å². The lowest BCUT2D eigenvalue weighted by atomic mass is 9.90. The molecule has 5 rings (SSSR count). The van der Waals surface area contributed by atoms with Crippen LogP contribution in [-0.2, 0) is 13.0 Å². The fourth-order valence-corrected chi connectivity index (χ4v) is 5.35. The van der Waals surface area contributed by atoms with E-state index in [2.05, 4.69) is 18.3 Å². The third kappa shape index (κ3) is 6.30. The molecule has 230 valence electrons. The van der Waals surface area contributed by atoms with Crippen LogP contribution in [0.25, 0.3) is 28.3 Å². The summed E-state index contributed by atoms with van der Waals surface area (Å²) >= 11 is 0. The molecule has 0 saturated carbocycles. The van der Waals surface area contributed by atoms with Gasteiger partial charge in [0.05, 0.1) is 12.1 Å². The van der Waals surface area contributed by atoms with Crippen molar-refractivity contribution < 1.29 is 20.4 Å². The van der Waals surface area contributed by atoms with Crippen molar-refractivity contribution in [3.8, 4) is 45.3 Å². The Balaban J connectivity index is 1.63. The molecule has 0 unspecified atom stereocenters. The molecule has 7 nitrogen and oxygen atoms in total. The van der Waals surface area contributed by atoms with E-state index in [1.165, 1.54) is 0 Å². The van der Waals surface area contributed by atoms with Crippen LogP contribution in [-0.4, -0.2) is 38.8 Å². The summed E-state index contributed by atoms with van der Waals surface area (Å²) in [5.41, 5.74) is 6.28. The summed E-state index contributed by atoms with van der Waals surface area (Å²) in [5, 5.41) is 42.9. The number of rotatable bonds is 8. The van der Waals surface area contributed by atoms with Crippen molar-refractivity contribution in [2.75, 3.05) is 0 Å². The molecule has 0 amide bonds. The number of amidine groups is 2. The molecule has 0 bridgehead atoms. The number of aryl methyl sites for hydroxylation is 1. The maximum absolute atomic E-state index is 10.9. The summed E-state index contributed by atoms with van der Waals surface area (Å²) < 4.78 is 0. The van der Waals surface area contributed by atoms with Crippen LogP contribution >= 0.6 is 0 Å². The molecule has 0 aliphatic carbocycles. The lowest BCUT2D eigenvalue weighted by molar-refractivity contribution is 0.368. The Morgan fingerprint density at radius 3 is 1.98 bits per heavy atom. The van der Waals surface area contributed by atoms with Gasteiger partial charge in [0.2, 0.25) is 0 Å². The van der Waals surface area contributed by atoms with E-state index in [-0.39, 0.29) is 17.5 Å². The molecular weight excluding hydrogens is 574 g/mol. The van der Waals surface area contributed by atoms with Crippen LogP contribution in [0.1, 0.15) is 40.3 Å². The molecule has 0 saturated heterocycles. The van der Waals surface area contributed by atoms with Crippen molar-refractivity contribution in [1.82, 2.24) is 0 Å². The number of benzene rings is 5. The number of aliphatic imine (C=N–C) groups is 3. The summed E-state index contributed by atoms with van der Waals surface area (Å²) in [5.74, 6) is -1.06. The summed E-state index contributed by atoms with van der Waals surface area (Å²) in [4.78, 5) is 14.0. The zero-order valence-electron chi connectivity index (χ0n) is 25.8. The molecule has 0 aromatic heterocycles. The van der Waals surface area contributed by atoms with Crippen molar-refractivity contribution in [2.24, 2.45) is 15.0 Å². The highest BCUT2D eigenvalue weighted by Crippen LogP contribution is 2.52. The number of phenols is 4. The highest BCUT2D eigenvalue weighted by molar-refractivity contribution is 6.13. The summed E-state index contributed by atoms with van der Waals surface area (Å²) in [6.07, 6.45) is 1.93. The average molecular weight is 610 g/mol. The molecule has 0 aliphatic heterocycles. The van der Waals surface area contributed by atoms with Crippen LogP contribution < -0.4 is 0 Å². The van der Waals surface area contributed by atoms with Gasteiger partial charge < -0.3 is 20.4 Å². The Morgan fingerprint density at radius 2 is 1.37 bits per heavy atom. The Labute approximate surface area is 268 Å². The lowest BCUT2D eigenvalue weighted by Gasteiger charge is -2.17. The molecule has 0 fully saturated rings. The minimum absolute atomic E-state index is 0.0659. The van der Waals surface area contributed by atoms with Gasteiger partial charge >= 0.3 is 0 Å². The van der Waals surface area contributed by atoms with Crippen LogP contribution in [0.3, 0.4) is 0 Å². The fourth-order valence-electron chi connectivity index (χ4n) is 5.35. The number of phenolic OH excluding ortho intramolecular Hbond substituents is 4. The Bertz CT molecular complexity index is 1950. The third-order valence-electron chi connectivity index (χ3n) is 7.84. The average Bonchev–Trinajstić information content (AvgIpc) is 3.09. The normalized spacial score (nSPS) is 11.8. The van der Waals surface area contributed by atoms with Gasteiger partial charge in [0, 0.05) is 16.7 Å². The molecule has 5 aromatic carbocycles. The topological polar surface area (TPSA) is 118 Å². The van der Waals surface area contributed by atoms with Gasteiger partial charge in [-0.15, -0.1) is 0 Å². The first-order valence-electron chi connectivity index (χ1n) is 14.8. The first kappa shape index (κ1) is 31.5. The van der Waals surface area contributed by atoms with Gasteiger partial charge in [0.25, 0.3) is 0 Å². The zero-order valence-corrected chi connectivity index (χ0v) is 25.8. The second-order valence-electron chi connectivity index (χ2n) is 10.7. The Hall–Kier alpha value is -5.95. The van der Waals surface area contributed by atoms with Gasteiger partial charge in [0.1, 0.15) is 0 Å². The van der Waals surface area contributed by atoms with E-state index < -0.39 is 23.0 Å². The molecule has 4 N–H and O–H groups in total. The van der Waals surface area contributed by atoms with E-state index in [0.717, 1.165) is 33.4 Å². The maximum atomic E-state index is 10.9. The fraction of sp³-hybridized carbons (Fsp3) is 0.103. The van der Waals surface area contributed by atoms with Gasteiger partial charge in [0.15, 0.2) is 34.7 Å². The van der Waals surface area contributed by atoms with Crippen LogP contribution in [0.4, 0.5) is 0 Å². The zero-order chi connectivity index (χ0) is 32.8. The molecule has 7 heteroatoms. The molecule has 0 radical (unpaired) electrons. The molecule has 5 aromatic rings. The highest BCUT2D eigenvalue weighted by atomic mass is 16.3. The SMILES string of the molecule is C=Cc1ccc(-c2c(O)c(O)c(CC)c(O)c2O)cc1-c1cc(C(N=C)=NC(=NCc2ccccc2)c2ccccc2)ccc1C. The smallest absolute Gasteiger partial charge is 0.169 e. The van der Waals surface area contributed by atoms with Crippen molar-refractivity contribution in [3.05, 3.63) is 137 Å². The Kier molecular flexibility index (Phi) is 9.43. The Morgan fingerprint density at radius 1 is 0.717 bits per heavy atom. The van der Waals surface area contributed by atoms with Gasteiger partial charge in [-0.05, 0) is 65.6 Å². The van der Waals surface area contributed by atoms with Crippen LogP contribution in [0.5, 0.6) is 23.0 Å². The minimum Gasteiger partial charge on any atom is -0.504 e. The lowest BCUT2D eigenvalue weighted by Crippen LogP contribution is -2.06. The monoisotopic (exact) mass is 609 g/mol. The van der Waals surface area contributed by atoms with Crippen LogP contribution in [0.15, 0.2) is 119 Å². The largest absolute Gasteiger partial charge is 0.504 e. The van der Waals surface area contributed by atoms with Crippen molar-refractivity contribution in [2.45, 2.75) is 26.8 Å². The number of hydrogen-bond acceptors (Lipinski definition) is 5. The summed E-state index contributed by atoms with van der Waals surface area (Å²) in [6, 6.07) is 30.7. The molecule has 0 heterocycles. The predicted octanol–water partition coefficient (Wildman–Crippen LogP) is 8.45. The van der Waals surface area contributed by atoms with Crippen LogP contribution in [0.2, 0.25) is 0 Å². The highest BCUT2D eigenvalue weighted by Gasteiger charge is 2.24. The molecule has 0 spiro atoms. The molecule has 46 heavy (non-hydrogen) atoms. The molecule has 0 aliphatic rings. The number of hydrogen-bond donors (Lipinski definition) is 4. The first-order chi connectivity index (χ1) is 22.3. The van der Waals surface area contributed by atoms with E-state index in [1.54, 1.807) is 31.2 Å². The van der Waals surface area contributed by atoms with E-state index in [4.69, 9.17) is 9.98 Å².